The molecule has 2 N–H and O–H groups in total. The molecular formula is C14H14ClNO. The predicted octanol–water partition coefficient (Wildman–Crippen LogP) is 4.33. The van der Waals surface area contributed by atoms with Gasteiger partial charge in [-0.2, -0.15) is 0 Å². The molecule has 0 amide bonds. The molecule has 3 heteroatoms. The average molecular weight is 248 g/mol. The van der Waals surface area contributed by atoms with Crippen LogP contribution in [0, 0.1) is 13.8 Å². The van der Waals surface area contributed by atoms with E-state index in [1.54, 1.807) is 6.07 Å². The summed E-state index contributed by atoms with van der Waals surface area (Å²) >= 11 is 6.10. The lowest BCUT2D eigenvalue weighted by atomic mass is 10.1. The standard InChI is InChI=1S/C14H14ClNO/c1-9-6-13(7-10(2)14(9)15)17-12-5-3-4-11(16)8-12/h3-8H,16H2,1-2H3. The van der Waals surface area contributed by atoms with E-state index >= 15 is 0 Å². The maximum atomic E-state index is 6.10. The lowest BCUT2D eigenvalue weighted by Gasteiger charge is -2.09. The van der Waals surface area contributed by atoms with Gasteiger partial charge in [0.15, 0.2) is 0 Å². The number of rotatable bonds is 2. The third-order valence-corrected chi connectivity index (χ3v) is 3.10. The molecule has 2 aromatic carbocycles. The zero-order chi connectivity index (χ0) is 12.4. The number of halogens is 1. The Morgan fingerprint density at radius 1 is 1.00 bits per heavy atom. The van der Waals surface area contributed by atoms with E-state index in [4.69, 9.17) is 22.1 Å². The highest BCUT2D eigenvalue weighted by Gasteiger charge is 2.04. The van der Waals surface area contributed by atoms with Gasteiger partial charge >= 0.3 is 0 Å². The molecular weight excluding hydrogens is 234 g/mol. The summed E-state index contributed by atoms with van der Waals surface area (Å²) in [4.78, 5) is 0. The zero-order valence-electron chi connectivity index (χ0n) is 9.83. The number of ether oxygens (including phenoxy) is 1. The van der Waals surface area contributed by atoms with Crippen LogP contribution in [0.1, 0.15) is 11.1 Å². The van der Waals surface area contributed by atoms with Crippen molar-refractivity contribution in [2.45, 2.75) is 13.8 Å². The fraction of sp³-hybridized carbons (Fsp3) is 0.143. The first-order valence-electron chi connectivity index (χ1n) is 5.36. The molecule has 0 saturated heterocycles. The van der Waals surface area contributed by atoms with Crippen molar-refractivity contribution >= 4 is 17.3 Å². The third kappa shape index (κ3) is 2.71. The normalized spacial score (nSPS) is 10.3. The Balaban J connectivity index is 2.31. The van der Waals surface area contributed by atoms with Crippen LogP contribution in [0.15, 0.2) is 36.4 Å². The first kappa shape index (κ1) is 11.8. The Bertz CT molecular complexity index is 529. The smallest absolute Gasteiger partial charge is 0.129 e. The largest absolute Gasteiger partial charge is 0.457 e. The van der Waals surface area contributed by atoms with E-state index in [2.05, 4.69) is 0 Å². The highest BCUT2D eigenvalue weighted by molar-refractivity contribution is 6.32. The Hall–Kier alpha value is -1.67. The average Bonchev–Trinajstić information content (AvgIpc) is 2.26. The first-order chi connectivity index (χ1) is 8.06. The van der Waals surface area contributed by atoms with Gasteiger partial charge in [-0.05, 0) is 49.2 Å². The van der Waals surface area contributed by atoms with E-state index in [0.717, 1.165) is 27.6 Å². The number of anilines is 1. The molecule has 0 aliphatic carbocycles. The number of nitrogens with two attached hydrogens (primary N) is 1. The van der Waals surface area contributed by atoms with Gasteiger partial charge in [-0.15, -0.1) is 0 Å². The van der Waals surface area contributed by atoms with E-state index < -0.39 is 0 Å². The second kappa shape index (κ2) is 4.68. The van der Waals surface area contributed by atoms with Crippen LogP contribution in [0.25, 0.3) is 0 Å². The van der Waals surface area contributed by atoms with Crippen LogP contribution in [0.5, 0.6) is 11.5 Å². The molecule has 0 bridgehead atoms. The number of nitrogen functional groups attached to an aromatic ring is 1. The maximum Gasteiger partial charge on any atom is 0.129 e. The molecule has 0 radical (unpaired) electrons. The van der Waals surface area contributed by atoms with Gasteiger partial charge in [0.25, 0.3) is 0 Å². The van der Waals surface area contributed by atoms with Gasteiger partial charge in [0.05, 0.1) is 0 Å². The van der Waals surface area contributed by atoms with Gasteiger partial charge in [-0.25, -0.2) is 0 Å². The van der Waals surface area contributed by atoms with Crippen molar-refractivity contribution in [3.05, 3.63) is 52.5 Å². The van der Waals surface area contributed by atoms with Gasteiger partial charge in [-0.1, -0.05) is 17.7 Å². The number of hydrogen-bond donors (Lipinski definition) is 1. The van der Waals surface area contributed by atoms with Crippen molar-refractivity contribution in [1.29, 1.82) is 0 Å². The zero-order valence-corrected chi connectivity index (χ0v) is 10.6. The summed E-state index contributed by atoms with van der Waals surface area (Å²) in [5.74, 6) is 1.50. The van der Waals surface area contributed by atoms with Gasteiger partial charge in [0.1, 0.15) is 11.5 Å². The third-order valence-electron chi connectivity index (χ3n) is 2.50. The van der Waals surface area contributed by atoms with Crippen LogP contribution < -0.4 is 10.5 Å². The highest BCUT2D eigenvalue weighted by Crippen LogP contribution is 2.29. The summed E-state index contributed by atoms with van der Waals surface area (Å²) in [6, 6.07) is 11.2. The fourth-order valence-corrected chi connectivity index (χ4v) is 1.79. The fourth-order valence-electron chi connectivity index (χ4n) is 1.68. The van der Waals surface area contributed by atoms with Crippen LogP contribution in [-0.4, -0.2) is 0 Å². The van der Waals surface area contributed by atoms with E-state index in [0.29, 0.717) is 5.69 Å². The van der Waals surface area contributed by atoms with Crippen molar-refractivity contribution in [3.63, 3.8) is 0 Å². The van der Waals surface area contributed by atoms with Crippen molar-refractivity contribution in [3.8, 4) is 11.5 Å². The number of aryl methyl sites for hydroxylation is 2. The van der Waals surface area contributed by atoms with Crippen LogP contribution in [0.2, 0.25) is 5.02 Å². The second-order valence-corrected chi connectivity index (χ2v) is 4.42. The minimum atomic E-state index is 0.685. The van der Waals surface area contributed by atoms with Crippen molar-refractivity contribution in [2.75, 3.05) is 5.73 Å². The molecule has 0 spiro atoms. The van der Waals surface area contributed by atoms with E-state index in [-0.39, 0.29) is 0 Å². The summed E-state index contributed by atoms with van der Waals surface area (Å²) in [6.07, 6.45) is 0. The maximum absolute atomic E-state index is 6.10. The Morgan fingerprint density at radius 3 is 2.24 bits per heavy atom. The van der Waals surface area contributed by atoms with Gasteiger partial charge in [0.2, 0.25) is 0 Å². The molecule has 0 atom stereocenters. The molecule has 0 aliphatic heterocycles. The first-order valence-corrected chi connectivity index (χ1v) is 5.74. The lowest BCUT2D eigenvalue weighted by molar-refractivity contribution is 0.482. The molecule has 17 heavy (non-hydrogen) atoms. The topological polar surface area (TPSA) is 35.2 Å². The van der Waals surface area contributed by atoms with Crippen LogP contribution in [-0.2, 0) is 0 Å². The van der Waals surface area contributed by atoms with Crippen LogP contribution in [0.3, 0.4) is 0 Å². The highest BCUT2D eigenvalue weighted by atomic mass is 35.5. The molecule has 0 aromatic heterocycles. The summed E-state index contributed by atoms with van der Waals surface area (Å²) in [6.45, 7) is 3.92. The summed E-state index contributed by atoms with van der Waals surface area (Å²) < 4.78 is 5.74. The van der Waals surface area contributed by atoms with E-state index in [1.807, 2.05) is 44.2 Å². The van der Waals surface area contributed by atoms with E-state index in [9.17, 15) is 0 Å². The lowest BCUT2D eigenvalue weighted by Crippen LogP contribution is -1.90. The van der Waals surface area contributed by atoms with Gasteiger partial charge in [0, 0.05) is 16.8 Å². The summed E-state index contributed by atoms with van der Waals surface area (Å²) in [7, 11) is 0. The monoisotopic (exact) mass is 247 g/mol. The quantitative estimate of drug-likeness (QED) is 0.802. The number of hydrogen-bond acceptors (Lipinski definition) is 2. The minimum Gasteiger partial charge on any atom is -0.457 e. The van der Waals surface area contributed by atoms with Gasteiger partial charge < -0.3 is 10.5 Å². The van der Waals surface area contributed by atoms with E-state index in [1.165, 1.54) is 0 Å². The second-order valence-electron chi connectivity index (χ2n) is 4.05. The van der Waals surface area contributed by atoms with Crippen molar-refractivity contribution < 1.29 is 4.74 Å². The molecule has 88 valence electrons. The van der Waals surface area contributed by atoms with Crippen molar-refractivity contribution in [1.82, 2.24) is 0 Å². The summed E-state index contributed by atoms with van der Waals surface area (Å²) in [5, 5.41) is 0.782. The molecule has 0 fully saturated rings. The molecule has 0 saturated carbocycles. The molecule has 0 unspecified atom stereocenters. The van der Waals surface area contributed by atoms with Crippen molar-refractivity contribution in [2.24, 2.45) is 0 Å². The van der Waals surface area contributed by atoms with Crippen LogP contribution in [0.4, 0.5) is 5.69 Å². The minimum absolute atomic E-state index is 0.685. The molecule has 2 aromatic rings. The summed E-state index contributed by atoms with van der Waals surface area (Å²) in [5.41, 5.74) is 8.39. The Kier molecular flexibility index (Phi) is 3.25. The Morgan fingerprint density at radius 2 is 1.65 bits per heavy atom. The molecule has 2 nitrogen and oxygen atoms in total. The molecule has 2 rings (SSSR count). The molecule has 0 heterocycles. The van der Waals surface area contributed by atoms with Gasteiger partial charge in [-0.3, -0.25) is 0 Å². The SMILES string of the molecule is Cc1cc(Oc2cccc(N)c2)cc(C)c1Cl. The van der Waals surface area contributed by atoms with Crippen LogP contribution >= 0.6 is 11.6 Å². The Labute approximate surface area is 106 Å². The number of benzene rings is 2. The molecule has 0 aliphatic rings. The predicted molar refractivity (Wildman–Crippen MR) is 71.9 cm³/mol.